The minimum absolute atomic E-state index is 0. The van der Waals surface area contributed by atoms with E-state index in [1.165, 1.54) is 15.9 Å². The Kier molecular flexibility index (Phi) is 10.8. The molecular formula is C32H28BrO2PS3. The Hall–Kier alpha value is -2.47. The summed E-state index contributed by atoms with van der Waals surface area (Å²) in [5.41, 5.74) is 1.09. The number of benzene rings is 4. The average Bonchev–Trinajstić information content (AvgIpc) is 3.41. The van der Waals surface area contributed by atoms with Crippen LogP contribution in [0.5, 0.6) is 5.75 Å². The van der Waals surface area contributed by atoms with Gasteiger partial charge in [0, 0.05) is 11.3 Å². The van der Waals surface area contributed by atoms with Crippen LogP contribution in [0.1, 0.15) is 19.3 Å². The smallest absolute Gasteiger partial charge is 0.311 e. The lowest BCUT2D eigenvalue weighted by Gasteiger charge is -2.27. The molecule has 1 heterocycles. The van der Waals surface area contributed by atoms with E-state index in [0.717, 1.165) is 33.3 Å². The SMILES string of the molecule is O=C(CCCC[P+](c1ccccc1)(c1ccccc1)c1ccccc1)Oc1ccc(-c2cc(=S)ss2)cc1.[Br-]. The molecule has 5 rings (SSSR count). The first kappa shape index (κ1) is 29.5. The maximum atomic E-state index is 12.7. The van der Waals surface area contributed by atoms with E-state index in [1.807, 2.05) is 30.3 Å². The quantitative estimate of drug-likeness (QED) is 0.0514. The van der Waals surface area contributed by atoms with Gasteiger partial charge in [-0.3, -0.25) is 4.79 Å². The van der Waals surface area contributed by atoms with Crippen molar-refractivity contribution < 1.29 is 26.5 Å². The Morgan fingerprint density at radius 3 is 1.67 bits per heavy atom. The van der Waals surface area contributed by atoms with Gasteiger partial charge in [0.1, 0.15) is 32.7 Å². The number of rotatable bonds is 10. The predicted molar refractivity (Wildman–Crippen MR) is 168 cm³/mol. The van der Waals surface area contributed by atoms with Crippen LogP contribution in [0.15, 0.2) is 121 Å². The molecule has 0 saturated heterocycles. The van der Waals surface area contributed by atoms with Gasteiger partial charge in [-0.1, -0.05) is 87.5 Å². The van der Waals surface area contributed by atoms with Crippen molar-refractivity contribution in [1.82, 2.24) is 0 Å². The fourth-order valence-corrected chi connectivity index (χ4v) is 11.6. The lowest BCUT2D eigenvalue weighted by molar-refractivity contribution is -0.134. The fraction of sp³-hybridized carbons (Fsp3) is 0.125. The molecule has 0 unspecified atom stereocenters. The third kappa shape index (κ3) is 7.19. The second kappa shape index (κ2) is 14.2. The lowest BCUT2D eigenvalue weighted by atomic mass is 10.2. The molecule has 0 aliphatic heterocycles. The molecule has 39 heavy (non-hydrogen) atoms. The molecule has 0 amide bonds. The second-order valence-electron chi connectivity index (χ2n) is 8.99. The molecular weight excluding hydrogens is 623 g/mol. The van der Waals surface area contributed by atoms with Gasteiger partial charge in [-0.25, -0.2) is 0 Å². The Bertz CT molecular complexity index is 1420. The van der Waals surface area contributed by atoms with Gasteiger partial charge in [0.2, 0.25) is 0 Å². The van der Waals surface area contributed by atoms with E-state index < -0.39 is 7.26 Å². The highest BCUT2D eigenvalue weighted by Crippen LogP contribution is 2.56. The molecule has 2 nitrogen and oxygen atoms in total. The number of hydrogen-bond donors (Lipinski definition) is 0. The van der Waals surface area contributed by atoms with E-state index in [-0.39, 0.29) is 23.0 Å². The molecule has 0 aliphatic rings. The van der Waals surface area contributed by atoms with Crippen molar-refractivity contribution in [2.24, 2.45) is 0 Å². The number of esters is 1. The maximum absolute atomic E-state index is 12.7. The van der Waals surface area contributed by atoms with Gasteiger partial charge >= 0.3 is 5.97 Å². The molecule has 0 radical (unpaired) electrons. The number of ether oxygens (including phenoxy) is 1. The molecule has 198 valence electrons. The molecule has 0 fully saturated rings. The first-order valence-electron chi connectivity index (χ1n) is 12.6. The van der Waals surface area contributed by atoms with E-state index in [0.29, 0.717) is 12.2 Å². The van der Waals surface area contributed by atoms with Crippen molar-refractivity contribution in [3.63, 3.8) is 0 Å². The van der Waals surface area contributed by atoms with Crippen LogP contribution in [-0.2, 0) is 4.79 Å². The van der Waals surface area contributed by atoms with Crippen LogP contribution in [0, 0.1) is 3.82 Å². The van der Waals surface area contributed by atoms with Crippen molar-refractivity contribution in [3.8, 4) is 16.2 Å². The molecule has 0 spiro atoms. The summed E-state index contributed by atoms with van der Waals surface area (Å²) in [5, 5.41) is 4.11. The normalized spacial score (nSPS) is 11.0. The van der Waals surface area contributed by atoms with Crippen LogP contribution in [0.25, 0.3) is 10.4 Å². The van der Waals surface area contributed by atoms with Crippen molar-refractivity contribution in [1.29, 1.82) is 0 Å². The number of halogens is 1. The standard InChI is InChI=1S/C32H28O2PS3.BrH/c33-31(34-26-21-19-25(20-22-26)30-24-32(36)38-37-30)18-10-11-23-35(27-12-4-1-5-13-27,28-14-6-2-7-15-28)29-16-8-3-9-17-29;/h1-9,12-17,19-22,24H,10-11,18,23H2;1H/q+1;/p-1. The minimum Gasteiger partial charge on any atom is -1.00 e. The summed E-state index contributed by atoms with van der Waals surface area (Å²) in [7, 11) is 1.39. The van der Waals surface area contributed by atoms with Crippen LogP contribution in [-0.4, -0.2) is 12.1 Å². The van der Waals surface area contributed by atoms with Gasteiger partial charge in [0.05, 0.1) is 6.16 Å². The Balaban J connectivity index is 0.00000353. The zero-order valence-electron chi connectivity index (χ0n) is 21.2. The van der Waals surface area contributed by atoms with E-state index in [9.17, 15) is 4.79 Å². The summed E-state index contributed by atoms with van der Waals surface area (Å²) < 4.78 is 6.54. The van der Waals surface area contributed by atoms with Gasteiger partial charge in [-0.15, -0.1) is 0 Å². The largest absolute Gasteiger partial charge is 1.00 e. The van der Waals surface area contributed by atoms with Crippen LogP contribution in [0.3, 0.4) is 0 Å². The summed E-state index contributed by atoms with van der Waals surface area (Å²) >= 11 is 5.23. The third-order valence-electron chi connectivity index (χ3n) is 6.55. The summed E-state index contributed by atoms with van der Waals surface area (Å²) in [6, 6.07) is 42.3. The van der Waals surface area contributed by atoms with Crippen molar-refractivity contribution in [3.05, 3.63) is 125 Å². The molecule has 0 bridgehead atoms. The van der Waals surface area contributed by atoms with Gasteiger partial charge in [0.25, 0.3) is 0 Å². The Labute approximate surface area is 253 Å². The van der Waals surface area contributed by atoms with Gasteiger partial charge < -0.3 is 21.7 Å². The first-order chi connectivity index (χ1) is 18.6. The van der Waals surface area contributed by atoms with Crippen LogP contribution < -0.4 is 37.6 Å². The first-order valence-corrected chi connectivity index (χ1v) is 17.1. The van der Waals surface area contributed by atoms with E-state index in [4.69, 9.17) is 17.0 Å². The molecule has 7 heteroatoms. The highest BCUT2D eigenvalue weighted by atomic mass is 79.9. The van der Waals surface area contributed by atoms with E-state index in [1.54, 1.807) is 20.7 Å². The summed E-state index contributed by atoms with van der Waals surface area (Å²) in [6.07, 6.45) is 3.11. The molecule has 0 N–H and O–H groups in total. The molecule has 0 saturated carbocycles. The monoisotopic (exact) mass is 650 g/mol. The highest BCUT2D eigenvalue weighted by Gasteiger charge is 2.44. The number of unbranched alkanes of at least 4 members (excludes halogenated alkanes) is 1. The van der Waals surface area contributed by atoms with E-state index >= 15 is 0 Å². The minimum atomic E-state index is -1.87. The molecule has 4 aromatic carbocycles. The number of carbonyl (C=O) groups excluding carboxylic acids is 1. The third-order valence-corrected chi connectivity index (χ3v) is 14.0. The molecule has 0 aliphatic carbocycles. The topological polar surface area (TPSA) is 26.3 Å². The zero-order chi connectivity index (χ0) is 26.2. The number of carbonyl (C=O) groups is 1. The fourth-order valence-electron chi connectivity index (χ4n) is 4.74. The summed E-state index contributed by atoms with van der Waals surface area (Å²) in [5.74, 6) is 0.393. The summed E-state index contributed by atoms with van der Waals surface area (Å²) in [4.78, 5) is 13.8. The molecule has 1 aromatic heterocycles. The van der Waals surface area contributed by atoms with Crippen LogP contribution in [0.4, 0.5) is 0 Å². The zero-order valence-corrected chi connectivity index (χ0v) is 26.2. The van der Waals surface area contributed by atoms with Gasteiger partial charge in [-0.05, 0) is 85.1 Å². The van der Waals surface area contributed by atoms with Crippen molar-refractivity contribution in [2.45, 2.75) is 19.3 Å². The molecule has 5 aromatic rings. The van der Waals surface area contributed by atoms with Gasteiger partial charge in [0.15, 0.2) is 0 Å². The maximum Gasteiger partial charge on any atom is 0.311 e. The second-order valence-corrected chi connectivity index (χ2v) is 15.5. The summed E-state index contributed by atoms with van der Waals surface area (Å²) in [6.45, 7) is 0. The molecule has 0 atom stereocenters. The van der Waals surface area contributed by atoms with Crippen LogP contribution in [0.2, 0.25) is 0 Å². The Morgan fingerprint density at radius 2 is 1.21 bits per heavy atom. The Morgan fingerprint density at radius 1 is 0.692 bits per heavy atom. The van der Waals surface area contributed by atoms with Gasteiger partial charge in [-0.2, -0.15) is 0 Å². The lowest BCUT2D eigenvalue weighted by Crippen LogP contribution is -3.00. The highest BCUT2D eigenvalue weighted by molar-refractivity contribution is 7.95. The van der Waals surface area contributed by atoms with E-state index in [2.05, 4.69) is 91.0 Å². The predicted octanol–water partition coefficient (Wildman–Crippen LogP) is 5.28. The van der Waals surface area contributed by atoms with Crippen molar-refractivity contribution >= 4 is 62.0 Å². The van der Waals surface area contributed by atoms with Crippen molar-refractivity contribution in [2.75, 3.05) is 6.16 Å². The van der Waals surface area contributed by atoms with Crippen LogP contribution >= 0.6 is 40.2 Å². The number of hydrogen-bond acceptors (Lipinski definition) is 5. The average molecular weight is 652 g/mol.